The Morgan fingerprint density at radius 3 is 0.872 bits per heavy atom. The van der Waals surface area contributed by atoms with Crippen molar-refractivity contribution in [3.63, 3.8) is 0 Å². The number of hydrogen-bond donors (Lipinski definition) is 0. The Hall–Kier alpha value is -6.48. The van der Waals surface area contributed by atoms with E-state index in [1.165, 1.54) is 42.7 Å². The van der Waals surface area contributed by atoms with Crippen LogP contribution < -0.4 is 0 Å². The number of methoxy groups -OCH3 is 8. The van der Waals surface area contributed by atoms with Gasteiger partial charge in [-0.1, -0.05) is 118 Å². The highest BCUT2D eigenvalue weighted by Gasteiger charge is 2.45. The number of esters is 6. The summed E-state index contributed by atoms with van der Waals surface area (Å²) >= 11 is 0. The van der Waals surface area contributed by atoms with Crippen LogP contribution in [-0.2, 0) is 100 Å². The number of carbonyl (C=O) groups is 12. The first-order valence-electron chi connectivity index (χ1n) is 43.9. The number of ether oxygens (including phenoxy) is 9. The number of carbonyl (C=O) groups excluding carboxylic acids is 12. The molecule has 7 aliphatic rings. The summed E-state index contributed by atoms with van der Waals surface area (Å²) in [6.07, 6.45) is 15.0. The van der Waals surface area contributed by atoms with Gasteiger partial charge in [-0.3, -0.25) is 57.5 Å². The lowest BCUT2D eigenvalue weighted by molar-refractivity contribution is -0.151. The molecule has 0 aromatic carbocycles. The molecule has 0 aliphatic carbocycles. The van der Waals surface area contributed by atoms with Crippen molar-refractivity contribution in [3.8, 4) is 0 Å². The van der Waals surface area contributed by atoms with Crippen LogP contribution in [0, 0.1) is 82.3 Å². The van der Waals surface area contributed by atoms with E-state index in [9.17, 15) is 57.5 Å². The molecular formula is C90H160N6O21. The van der Waals surface area contributed by atoms with Crippen molar-refractivity contribution in [1.29, 1.82) is 0 Å². The summed E-state index contributed by atoms with van der Waals surface area (Å²) in [4.78, 5) is 157. The van der Waals surface area contributed by atoms with Crippen molar-refractivity contribution in [2.75, 3.05) is 109 Å². The summed E-state index contributed by atoms with van der Waals surface area (Å²) in [5.41, 5.74) is -0.241. The predicted octanol–water partition coefficient (Wildman–Crippen LogP) is 12.8. The van der Waals surface area contributed by atoms with Crippen molar-refractivity contribution in [2.45, 2.75) is 315 Å². The smallest absolute Gasteiger partial charge is 0.306 e. The Labute approximate surface area is 704 Å². The van der Waals surface area contributed by atoms with Crippen LogP contribution in [-0.4, -0.2) is 258 Å². The fourth-order valence-electron chi connectivity index (χ4n) is 17.6. The first-order chi connectivity index (χ1) is 55.0. The maximum Gasteiger partial charge on any atom is 0.306 e. The van der Waals surface area contributed by atoms with Gasteiger partial charge in [-0.05, 0) is 156 Å². The Bertz CT molecular complexity index is 2970. The van der Waals surface area contributed by atoms with Gasteiger partial charge in [0.1, 0.15) is 0 Å². The number of amides is 6. The van der Waals surface area contributed by atoms with E-state index in [0.29, 0.717) is 72.9 Å². The zero-order valence-electron chi connectivity index (χ0n) is 77.4. The van der Waals surface area contributed by atoms with Gasteiger partial charge in [0, 0.05) is 109 Å². The molecule has 27 nitrogen and oxygen atoms in total. The second-order valence-electron chi connectivity index (χ2n) is 36.4. The number of rotatable bonds is 30. The minimum absolute atomic E-state index is 0.0148. The molecule has 676 valence electrons. The lowest BCUT2D eigenvalue weighted by Crippen LogP contribution is -2.46. The van der Waals surface area contributed by atoms with Crippen molar-refractivity contribution in [3.05, 3.63) is 0 Å². The SMILES string of the molecule is COC(=O)CCC(=O)N1CCC[C@H]1C(C)C.COC(=O)C[C@H](C(=O)N1CCC[C@H]1C(C)C)C(C)(C)C.COC(=O)C[C@H](C(=O)N1CCC[C@H]1C(C)C)C(C)C.COC(=O)C[C@H](C(=O)N1CCC[C@H]1C(C)C)C1CCOCC1.COC(=O)C[C@H](C(=O)N1CCC[C@H]1C(C)C)[C@@H](C)OC.COC(=O)C[C@H](C(=O)N1CCC[C@H]1C(C)C)[C@H](C)OC. The highest BCUT2D eigenvalue weighted by molar-refractivity contribution is 5.88. The average Bonchev–Trinajstić information content (AvgIpc) is 1.79. The minimum Gasteiger partial charge on any atom is -0.469 e. The maximum absolute atomic E-state index is 13.1. The number of hydrogen-bond acceptors (Lipinski definition) is 21. The third-order valence-electron chi connectivity index (χ3n) is 25.1. The van der Waals surface area contributed by atoms with Crippen LogP contribution in [0.5, 0.6) is 0 Å². The largest absolute Gasteiger partial charge is 0.469 e. The molecule has 0 bridgehead atoms. The maximum atomic E-state index is 13.1. The molecule has 117 heavy (non-hydrogen) atoms. The van der Waals surface area contributed by atoms with E-state index >= 15 is 0 Å². The molecule has 27 heteroatoms. The highest BCUT2D eigenvalue weighted by Crippen LogP contribution is 2.38. The monoisotopic (exact) mass is 1660 g/mol. The summed E-state index contributed by atoms with van der Waals surface area (Å²) in [5, 5.41) is 0. The lowest BCUT2D eigenvalue weighted by Gasteiger charge is -2.36. The standard InChI is InChI=1S/C17H29NO4.C16H29NO3.2C15H27NO4.C15H27NO3.C12H21NO3/c1-12(2)15-5-4-8-18(15)17(20)14(11-16(19)21-3)13-6-9-22-10-7-13;1-11(2)13-8-7-9-17(13)15(19)12(16(3,4)5)10-14(18)20-6;2*1-10(2)13-7-6-8-16(13)15(18)12(11(3)19-4)9-14(17)20-5;1-10(2)12(9-14(17)19-5)15(18)16-8-6-7-13(16)11(3)4;1-9(2)10-5-4-8-13(10)11(14)6-7-12(15)16-3/h12-15H,4-11H2,1-3H3;11-13H,7-10H2,1-6H3;2*10-13H,6-9H2,1-5H3;10-13H,6-9H2,1-5H3;9-10H,4-8H2,1-3H3/t14-,15-;12-,13+;11-,12+,13+;11-,12-,13-;12-,13-;10-/m011000/s1. The average molecular weight is 1660 g/mol. The van der Waals surface area contributed by atoms with Gasteiger partial charge in [0.05, 0.1) is 123 Å². The molecule has 0 aromatic heterocycles. The highest BCUT2D eigenvalue weighted by atomic mass is 16.5. The molecule has 0 spiro atoms. The van der Waals surface area contributed by atoms with E-state index in [2.05, 4.69) is 87.8 Å². The predicted molar refractivity (Wildman–Crippen MR) is 450 cm³/mol. The molecule has 7 heterocycles. The van der Waals surface area contributed by atoms with Gasteiger partial charge in [-0.2, -0.15) is 0 Å². The number of likely N-dealkylation sites (tertiary alicyclic amines) is 6. The van der Waals surface area contributed by atoms with E-state index in [1.807, 2.05) is 77.9 Å². The van der Waals surface area contributed by atoms with Crippen LogP contribution in [0.2, 0.25) is 0 Å². The van der Waals surface area contributed by atoms with Crippen LogP contribution in [0.4, 0.5) is 0 Å². The third kappa shape index (κ3) is 34.2. The second kappa shape index (κ2) is 54.0. The molecule has 7 aliphatic heterocycles. The zero-order chi connectivity index (χ0) is 88.9. The molecule has 0 saturated carbocycles. The van der Waals surface area contributed by atoms with E-state index in [4.69, 9.17) is 37.9 Å². The quantitative estimate of drug-likeness (QED) is 0.0476. The topological polar surface area (TPSA) is 307 Å². The van der Waals surface area contributed by atoms with Gasteiger partial charge in [0.2, 0.25) is 35.4 Å². The van der Waals surface area contributed by atoms with E-state index in [-0.39, 0.29) is 176 Å². The van der Waals surface area contributed by atoms with Crippen LogP contribution in [0.1, 0.15) is 266 Å². The fraction of sp³-hybridized carbons (Fsp3) is 0.867. The van der Waals surface area contributed by atoms with E-state index in [1.54, 1.807) is 14.2 Å². The molecule has 7 rings (SSSR count). The van der Waals surface area contributed by atoms with Crippen LogP contribution in [0.15, 0.2) is 0 Å². The Morgan fingerprint density at radius 1 is 0.316 bits per heavy atom. The molecule has 0 unspecified atom stereocenters. The molecule has 13 atom stereocenters. The zero-order valence-corrected chi connectivity index (χ0v) is 77.4. The lowest BCUT2D eigenvalue weighted by atomic mass is 9.77. The normalized spacial score (nSPS) is 21.9. The van der Waals surface area contributed by atoms with E-state index in [0.717, 1.165) is 129 Å². The third-order valence-corrected chi connectivity index (χ3v) is 25.1. The van der Waals surface area contributed by atoms with Gasteiger partial charge < -0.3 is 72.0 Å². The minimum atomic E-state index is -0.466. The van der Waals surface area contributed by atoms with Crippen LogP contribution in [0.25, 0.3) is 0 Å². The van der Waals surface area contributed by atoms with Gasteiger partial charge >= 0.3 is 35.8 Å². The van der Waals surface area contributed by atoms with Crippen LogP contribution >= 0.6 is 0 Å². The van der Waals surface area contributed by atoms with Crippen molar-refractivity contribution in [2.24, 2.45) is 82.3 Å². The van der Waals surface area contributed by atoms with Gasteiger partial charge in [0.15, 0.2) is 0 Å². The first kappa shape index (κ1) is 107. The fourth-order valence-corrected chi connectivity index (χ4v) is 17.6. The van der Waals surface area contributed by atoms with Gasteiger partial charge in [-0.15, -0.1) is 0 Å². The van der Waals surface area contributed by atoms with E-state index < -0.39 is 11.8 Å². The summed E-state index contributed by atoms with van der Waals surface area (Å²) in [5.74, 6) is -0.0834. The Morgan fingerprint density at radius 2 is 0.581 bits per heavy atom. The number of nitrogens with zero attached hydrogens (tertiary/aromatic N) is 6. The summed E-state index contributed by atoms with van der Waals surface area (Å²) < 4.78 is 44.2. The molecule has 0 aromatic rings. The van der Waals surface area contributed by atoms with Crippen LogP contribution in [0.3, 0.4) is 0 Å². The Kier molecular flexibility index (Phi) is 49.2. The van der Waals surface area contributed by atoms with Crippen molar-refractivity contribution >= 4 is 71.3 Å². The first-order valence-corrected chi connectivity index (χ1v) is 43.9. The van der Waals surface area contributed by atoms with Gasteiger partial charge in [-0.25, -0.2) is 0 Å². The molecule has 0 N–H and O–H groups in total. The summed E-state index contributed by atoms with van der Waals surface area (Å²) in [7, 11) is 11.3. The Balaban J connectivity index is 0.000000477. The van der Waals surface area contributed by atoms with Crippen molar-refractivity contribution < 1.29 is 100 Å². The molecule has 0 radical (unpaired) electrons. The molecule has 7 saturated heterocycles. The molecular weight excluding hydrogens is 1500 g/mol. The molecule has 7 fully saturated rings. The summed E-state index contributed by atoms with van der Waals surface area (Å²) in [6.45, 7) is 45.6. The van der Waals surface area contributed by atoms with Gasteiger partial charge in [0.25, 0.3) is 0 Å². The molecule has 6 amide bonds. The van der Waals surface area contributed by atoms with Crippen molar-refractivity contribution in [1.82, 2.24) is 29.4 Å². The summed E-state index contributed by atoms with van der Waals surface area (Å²) in [6, 6.07) is 1.84. The second-order valence-corrected chi connectivity index (χ2v) is 36.4.